The molecule has 6 heteroatoms. The maximum atomic E-state index is 15.0. The van der Waals surface area contributed by atoms with Crippen LogP contribution in [0, 0.1) is 17.7 Å². The minimum Gasteiger partial charge on any atom is -0.515 e. The zero-order valence-electron chi connectivity index (χ0n) is 19.3. The molecule has 1 aromatic carbocycles. The molecule has 0 unspecified atom stereocenters. The number of fused-ring (bicyclic) bond motifs is 3. The van der Waals surface area contributed by atoms with E-state index in [-0.39, 0.29) is 23.4 Å². The Hall–Kier alpha value is -3.67. The number of hydrogen-bond donors (Lipinski definition) is 1. The van der Waals surface area contributed by atoms with E-state index in [1.807, 2.05) is 19.1 Å². The molecule has 5 nitrogen and oxygen atoms in total. The van der Waals surface area contributed by atoms with E-state index in [4.69, 9.17) is 9.97 Å². The summed E-state index contributed by atoms with van der Waals surface area (Å²) in [7, 11) is 0. The Morgan fingerprint density at radius 1 is 1.24 bits per heavy atom. The van der Waals surface area contributed by atoms with Gasteiger partial charge in [0.15, 0.2) is 11.6 Å². The van der Waals surface area contributed by atoms with Crippen molar-refractivity contribution in [2.75, 3.05) is 0 Å². The number of Topliss-reactive ketones (excluding diaryl/α,β-unsaturated/α-hetero) is 1. The fourth-order valence-corrected chi connectivity index (χ4v) is 5.78. The van der Waals surface area contributed by atoms with Crippen molar-refractivity contribution < 1.29 is 14.3 Å². The number of carbonyl (C=O) groups excluding carboxylic acids is 1. The van der Waals surface area contributed by atoms with Gasteiger partial charge in [-0.1, -0.05) is 32.6 Å². The lowest BCUT2D eigenvalue weighted by atomic mass is 9.55. The Morgan fingerprint density at radius 2 is 2.03 bits per heavy atom. The summed E-state index contributed by atoms with van der Waals surface area (Å²) >= 11 is 0. The molecule has 1 N–H and O–H groups in total. The Kier molecular flexibility index (Phi) is 5.39. The van der Waals surface area contributed by atoms with Gasteiger partial charge in [0, 0.05) is 39.8 Å². The first-order valence-corrected chi connectivity index (χ1v) is 11.5. The van der Waals surface area contributed by atoms with Gasteiger partial charge >= 0.3 is 0 Å². The first kappa shape index (κ1) is 22.1. The maximum Gasteiger partial charge on any atom is 0.165 e. The molecule has 172 valence electrons. The summed E-state index contributed by atoms with van der Waals surface area (Å²) in [4.78, 5) is 27.0. The molecule has 0 saturated heterocycles. The lowest BCUT2D eigenvalue weighted by Gasteiger charge is -2.48. The van der Waals surface area contributed by atoms with Crippen LogP contribution < -0.4 is 0 Å². The van der Waals surface area contributed by atoms with E-state index in [0.717, 1.165) is 29.5 Å². The highest BCUT2D eigenvalue weighted by Crippen LogP contribution is 2.53. The van der Waals surface area contributed by atoms with Gasteiger partial charge in [0.25, 0.3) is 0 Å². The second kappa shape index (κ2) is 8.28. The number of ketones is 1. The van der Waals surface area contributed by atoms with Gasteiger partial charge in [-0.05, 0) is 55.5 Å². The molecule has 0 spiro atoms. The van der Waals surface area contributed by atoms with Gasteiger partial charge in [0.2, 0.25) is 0 Å². The third-order valence-electron chi connectivity index (χ3n) is 7.50. The van der Waals surface area contributed by atoms with Crippen LogP contribution in [0.2, 0.25) is 0 Å². The van der Waals surface area contributed by atoms with E-state index < -0.39 is 5.41 Å². The molecule has 3 aromatic rings. The molecule has 2 aliphatic carbocycles. The van der Waals surface area contributed by atoms with Crippen LogP contribution in [-0.4, -0.2) is 25.8 Å². The number of halogens is 1. The van der Waals surface area contributed by atoms with E-state index in [2.05, 4.69) is 18.5 Å². The largest absolute Gasteiger partial charge is 0.515 e. The Bertz CT molecular complexity index is 1350. The summed E-state index contributed by atoms with van der Waals surface area (Å²) in [5, 5.41) is 9.81. The predicted octanol–water partition coefficient (Wildman–Crippen LogP) is 5.86. The van der Waals surface area contributed by atoms with Crippen molar-refractivity contribution in [3.63, 3.8) is 0 Å². The number of pyridine rings is 1. The summed E-state index contributed by atoms with van der Waals surface area (Å²) in [6.07, 6.45) is 6.08. The van der Waals surface area contributed by atoms with Crippen LogP contribution in [-0.2, 0) is 16.6 Å². The van der Waals surface area contributed by atoms with E-state index in [1.165, 1.54) is 6.07 Å². The van der Waals surface area contributed by atoms with Crippen LogP contribution >= 0.6 is 0 Å². The average Bonchev–Trinajstić information content (AvgIpc) is 2.86. The number of rotatable bonds is 3. The second-order valence-electron chi connectivity index (χ2n) is 9.42. The Labute approximate surface area is 198 Å². The van der Waals surface area contributed by atoms with Crippen molar-refractivity contribution >= 4 is 11.9 Å². The molecule has 5 rings (SSSR count). The van der Waals surface area contributed by atoms with Crippen molar-refractivity contribution in [1.82, 2.24) is 15.0 Å². The molecule has 2 aromatic heterocycles. The van der Waals surface area contributed by atoms with E-state index in [1.54, 1.807) is 30.5 Å². The summed E-state index contributed by atoms with van der Waals surface area (Å²) < 4.78 is 15.0. The number of aliphatic hydroxyl groups is 1. The molecule has 0 radical (unpaired) electrons. The van der Waals surface area contributed by atoms with Gasteiger partial charge in [0.1, 0.15) is 5.82 Å². The number of allylic oxidation sites excluding steroid dienone is 1. The van der Waals surface area contributed by atoms with Gasteiger partial charge < -0.3 is 5.11 Å². The molecule has 2 aliphatic rings. The maximum absolute atomic E-state index is 15.0. The van der Waals surface area contributed by atoms with Crippen LogP contribution in [0.1, 0.15) is 43.6 Å². The summed E-state index contributed by atoms with van der Waals surface area (Å²) in [5.74, 6) is -0.0564. The van der Waals surface area contributed by atoms with Crippen molar-refractivity contribution in [3.05, 3.63) is 83.8 Å². The SMILES string of the molecule is C=Cc1cc(-c2nc(-c3ccccc3F)c3c(n2)[C@]2(C)C/C(=C/O)C(=O)[C@H](C)[C@H]2CC3)ccn1. The highest BCUT2D eigenvalue weighted by molar-refractivity contribution is 5.98. The fourth-order valence-electron chi connectivity index (χ4n) is 5.78. The van der Waals surface area contributed by atoms with Crippen LogP contribution in [0.15, 0.2) is 61.0 Å². The average molecular weight is 456 g/mol. The van der Waals surface area contributed by atoms with Crippen molar-refractivity contribution in [2.45, 2.75) is 38.5 Å². The van der Waals surface area contributed by atoms with Crippen LogP contribution in [0.4, 0.5) is 4.39 Å². The normalized spacial score (nSPS) is 25.0. The van der Waals surface area contributed by atoms with E-state index in [9.17, 15) is 14.3 Å². The molecule has 3 atom stereocenters. The molecule has 2 heterocycles. The van der Waals surface area contributed by atoms with Crippen molar-refractivity contribution in [1.29, 1.82) is 0 Å². The molecule has 0 bridgehead atoms. The summed E-state index contributed by atoms with van der Waals surface area (Å²) in [5.41, 5.74) is 4.10. The molecule has 0 aliphatic heterocycles. The number of aliphatic hydroxyl groups excluding tert-OH is 1. The van der Waals surface area contributed by atoms with Crippen molar-refractivity contribution in [3.8, 4) is 22.6 Å². The lowest BCUT2D eigenvalue weighted by molar-refractivity contribution is -0.124. The Balaban J connectivity index is 1.80. The minimum absolute atomic E-state index is 0.0122. The molecule has 1 saturated carbocycles. The van der Waals surface area contributed by atoms with Crippen LogP contribution in [0.25, 0.3) is 28.7 Å². The third kappa shape index (κ3) is 3.36. The number of benzene rings is 1. The molecular formula is C28H26FN3O2. The highest BCUT2D eigenvalue weighted by Gasteiger charge is 2.51. The molecule has 34 heavy (non-hydrogen) atoms. The predicted molar refractivity (Wildman–Crippen MR) is 129 cm³/mol. The number of aromatic nitrogens is 3. The highest BCUT2D eigenvalue weighted by atomic mass is 19.1. The van der Waals surface area contributed by atoms with E-state index >= 15 is 0 Å². The zero-order chi connectivity index (χ0) is 24.0. The minimum atomic E-state index is -0.499. The first-order chi connectivity index (χ1) is 16.4. The summed E-state index contributed by atoms with van der Waals surface area (Å²) in [6, 6.07) is 10.3. The molecular weight excluding hydrogens is 429 g/mol. The fraction of sp³-hybridized carbons (Fsp3) is 0.286. The van der Waals surface area contributed by atoms with Crippen LogP contribution in [0.3, 0.4) is 0 Å². The Morgan fingerprint density at radius 3 is 2.76 bits per heavy atom. The number of carbonyl (C=O) groups is 1. The third-order valence-corrected chi connectivity index (χ3v) is 7.50. The topological polar surface area (TPSA) is 76.0 Å². The van der Waals surface area contributed by atoms with Gasteiger partial charge in [-0.15, -0.1) is 0 Å². The molecule has 0 amide bonds. The number of nitrogens with zero attached hydrogens (tertiary/aromatic N) is 3. The van der Waals surface area contributed by atoms with Gasteiger partial charge in [0.05, 0.1) is 23.3 Å². The standard InChI is InChI=1S/C28H26FN3O2/c1-4-19-13-17(11-12-30-19)27-31-24(20-7-5-6-8-23(20)29)21-9-10-22-16(2)25(34)18(15-33)14-28(22,3)26(21)32-27/h4-8,11-13,15-16,22,33H,1,9-10,14H2,2-3H3/b18-15-/t16-,22-,28-/m1/s1. The second-order valence-corrected chi connectivity index (χ2v) is 9.42. The van der Waals surface area contributed by atoms with Crippen molar-refractivity contribution in [2.24, 2.45) is 11.8 Å². The van der Waals surface area contributed by atoms with Gasteiger partial charge in [-0.2, -0.15) is 0 Å². The zero-order valence-corrected chi connectivity index (χ0v) is 19.3. The smallest absolute Gasteiger partial charge is 0.165 e. The van der Waals surface area contributed by atoms with E-state index in [0.29, 0.717) is 41.2 Å². The van der Waals surface area contributed by atoms with Gasteiger partial charge in [-0.3, -0.25) is 9.78 Å². The monoisotopic (exact) mass is 455 g/mol. The first-order valence-electron chi connectivity index (χ1n) is 11.5. The van der Waals surface area contributed by atoms with Crippen LogP contribution in [0.5, 0.6) is 0 Å². The summed E-state index contributed by atoms with van der Waals surface area (Å²) in [6.45, 7) is 7.83. The lowest BCUT2D eigenvalue weighted by Crippen LogP contribution is -2.48. The number of hydrogen-bond acceptors (Lipinski definition) is 5. The van der Waals surface area contributed by atoms with Gasteiger partial charge in [-0.25, -0.2) is 14.4 Å². The quantitative estimate of drug-likeness (QED) is 0.396. The molecule has 1 fully saturated rings.